The van der Waals surface area contributed by atoms with Gasteiger partial charge in [-0.25, -0.2) is 14.8 Å². The zero-order valence-electron chi connectivity index (χ0n) is 14.9. The van der Waals surface area contributed by atoms with E-state index in [2.05, 4.69) is 41.2 Å². The third-order valence-corrected chi connectivity index (χ3v) is 4.95. The van der Waals surface area contributed by atoms with Crippen LogP contribution in [0.2, 0.25) is 0 Å². The largest absolute Gasteiger partial charge is 0.476 e. The predicted molar refractivity (Wildman–Crippen MR) is 97.1 cm³/mol. The molecular weight excluding hydrogens is 330 g/mol. The molecule has 26 heavy (non-hydrogen) atoms. The number of amides is 1. The molecule has 6 heteroatoms. The molecule has 1 aromatic heterocycles. The highest BCUT2D eigenvalue weighted by atomic mass is 16.4. The molecule has 0 unspecified atom stereocenters. The first kappa shape index (κ1) is 18.0. The lowest BCUT2D eigenvalue weighted by Crippen LogP contribution is -2.39. The lowest BCUT2D eigenvalue weighted by atomic mass is 9.90. The quantitative estimate of drug-likeness (QED) is 0.893. The van der Waals surface area contributed by atoms with Crippen molar-refractivity contribution in [3.8, 4) is 0 Å². The third-order valence-electron chi connectivity index (χ3n) is 4.95. The Morgan fingerprint density at radius 1 is 1.08 bits per heavy atom. The number of nitrogens with zero attached hydrogens (tertiary/aromatic N) is 3. The van der Waals surface area contributed by atoms with E-state index in [-0.39, 0.29) is 17.3 Å². The molecule has 0 spiro atoms. The zero-order chi connectivity index (χ0) is 18.5. The molecule has 1 fully saturated rings. The number of aromatic nitrogens is 2. The number of carbonyl (C=O) groups excluding carboxylic acids is 1. The summed E-state index contributed by atoms with van der Waals surface area (Å²) in [6.07, 6.45) is 6.55. The molecule has 1 amide bonds. The van der Waals surface area contributed by atoms with Gasteiger partial charge in [-0.05, 0) is 44.1 Å². The van der Waals surface area contributed by atoms with Gasteiger partial charge in [-0.2, -0.15) is 0 Å². The van der Waals surface area contributed by atoms with Crippen LogP contribution < -0.4 is 0 Å². The van der Waals surface area contributed by atoms with Crippen LogP contribution in [0.3, 0.4) is 0 Å². The minimum atomic E-state index is -1.15. The molecule has 0 aliphatic carbocycles. The van der Waals surface area contributed by atoms with Crippen molar-refractivity contribution in [2.75, 3.05) is 13.1 Å². The second kappa shape index (κ2) is 8.08. The molecule has 136 valence electrons. The van der Waals surface area contributed by atoms with E-state index in [0.717, 1.165) is 31.9 Å². The summed E-state index contributed by atoms with van der Waals surface area (Å²) in [6, 6.07) is 8.67. The van der Waals surface area contributed by atoms with Crippen LogP contribution >= 0.6 is 0 Å². The fourth-order valence-electron chi connectivity index (χ4n) is 3.26. The van der Waals surface area contributed by atoms with Crippen molar-refractivity contribution in [2.24, 2.45) is 5.92 Å². The van der Waals surface area contributed by atoms with Crippen LogP contribution in [0, 0.1) is 12.8 Å². The van der Waals surface area contributed by atoms with Crippen molar-refractivity contribution in [1.29, 1.82) is 0 Å². The molecule has 0 atom stereocenters. The highest BCUT2D eigenvalue weighted by Crippen LogP contribution is 2.23. The van der Waals surface area contributed by atoms with Gasteiger partial charge < -0.3 is 10.0 Å². The van der Waals surface area contributed by atoms with Gasteiger partial charge in [-0.3, -0.25) is 4.79 Å². The number of aromatic carboxylic acids is 1. The maximum Gasteiger partial charge on any atom is 0.356 e. The van der Waals surface area contributed by atoms with Crippen LogP contribution in [-0.2, 0) is 6.42 Å². The van der Waals surface area contributed by atoms with Gasteiger partial charge in [0.1, 0.15) is 5.69 Å². The monoisotopic (exact) mass is 353 g/mol. The van der Waals surface area contributed by atoms with Gasteiger partial charge in [0, 0.05) is 13.1 Å². The van der Waals surface area contributed by atoms with Crippen LogP contribution in [0.15, 0.2) is 36.7 Å². The highest BCUT2D eigenvalue weighted by Gasteiger charge is 2.24. The van der Waals surface area contributed by atoms with E-state index in [1.807, 2.05) is 0 Å². The van der Waals surface area contributed by atoms with Crippen molar-refractivity contribution in [3.63, 3.8) is 0 Å². The van der Waals surface area contributed by atoms with Crippen molar-refractivity contribution >= 4 is 11.9 Å². The molecule has 1 saturated heterocycles. The third kappa shape index (κ3) is 4.45. The average molecular weight is 353 g/mol. The molecular formula is C20H23N3O3. The van der Waals surface area contributed by atoms with Crippen molar-refractivity contribution in [3.05, 3.63) is 59.2 Å². The average Bonchev–Trinajstić information content (AvgIpc) is 2.67. The van der Waals surface area contributed by atoms with Gasteiger partial charge in [0.25, 0.3) is 5.91 Å². The molecule has 6 nitrogen and oxygen atoms in total. The number of hydrogen-bond donors (Lipinski definition) is 1. The maximum absolute atomic E-state index is 12.5. The van der Waals surface area contributed by atoms with E-state index in [1.54, 1.807) is 4.90 Å². The minimum absolute atomic E-state index is 0.156. The molecule has 2 heterocycles. The fraction of sp³-hybridized carbons (Fsp3) is 0.400. The number of benzene rings is 1. The summed E-state index contributed by atoms with van der Waals surface area (Å²) < 4.78 is 0. The summed E-state index contributed by atoms with van der Waals surface area (Å²) in [5.41, 5.74) is 2.69. The number of carboxylic acids is 1. The molecule has 1 aliphatic rings. The van der Waals surface area contributed by atoms with Crippen LogP contribution in [0.5, 0.6) is 0 Å². The van der Waals surface area contributed by atoms with E-state index in [4.69, 9.17) is 5.11 Å². The Bertz CT molecular complexity index is 764. The van der Waals surface area contributed by atoms with Crippen molar-refractivity contribution in [2.45, 2.75) is 32.6 Å². The molecule has 1 aliphatic heterocycles. The van der Waals surface area contributed by atoms with Gasteiger partial charge in [-0.15, -0.1) is 0 Å². The van der Waals surface area contributed by atoms with Gasteiger partial charge in [0.2, 0.25) is 0 Å². The number of carboxylic acid groups (broad SMARTS) is 1. The van der Waals surface area contributed by atoms with Gasteiger partial charge in [-0.1, -0.05) is 29.8 Å². The zero-order valence-corrected chi connectivity index (χ0v) is 14.9. The Kier molecular flexibility index (Phi) is 5.61. The molecule has 0 radical (unpaired) electrons. The van der Waals surface area contributed by atoms with Crippen LogP contribution in [-0.4, -0.2) is 44.9 Å². The SMILES string of the molecule is Cc1ccc(CCC2CCN(C(=O)c3cnc(C(=O)O)cn3)CC2)cc1. The second-order valence-electron chi connectivity index (χ2n) is 6.85. The molecule has 0 bridgehead atoms. The van der Waals surface area contributed by atoms with Crippen molar-refractivity contribution in [1.82, 2.24) is 14.9 Å². The van der Waals surface area contributed by atoms with E-state index in [0.29, 0.717) is 19.0 Å². The van der Waals surface area contributed by atoms with Gasteiger partial charge in [0.15, 0.2) is 5.69 Å². The number of rotatable bonds is 5. The van der Waals surface area contributed by atoms with Crippen LogP contribution in [0.1, 0.15) is 51.4 Å². The Balaban J connectivity index is 1.49. The second-order valence-corrected chi connectivity index (χ2v) is 6.85. The first-order valence-electron chi connectivity index (χ1n) is 8.93. The molecule has 1 aromatic carbocycles. The summed E-state index contributed by atoms with van der Waals surface area (Å²) in [6.45, 7) is 3.51. The molecule has 3 rings (SSSR count). The smallest absolute Gasteiger partial charge is 0.356 e. The highest BCUT2D eigenvalue weighted by molar-refractivity contribution is 5.92. The number of carbonyl (C=O) groups is 2. The van der Waals surface area contributed by atoms with E-state index < -0.39 is 5.97 Å². The van der Waals surface area contributed by atoms with E-state index >= 15 is 0 Å². The summed E-state index contributed by atoms with van der Waals surface area (Å²) in [5.74, 6) is -0.696. The first-order chi connectivity index (χ1) is 12.5. The Labute approximate surface area is 152 Å². The standard InChI is InChI=1S/C20H23N3O3/c1-14-2-4-15(5-3-14)6-7-16-8-10-23(11-9-16)19(24)17-12-22-18(13-21-17)20(25)26/h2-5,12-13,16H,6-11H2,1H3,(H,25,26). The van der Waals surface area contributed by atoms with Crippen LogP contribution in [0.4, 0.5) is 0 Å². The molecule has 1 N–H and O–H groups in total. The minimum Gasteiger partial charge on any atom is -0.476 e. The number of piperidine rings is 1. The normalized spacial score (nSPS) is 15.0. The maximum atomic E-state index is 12.5. The van der Waals surface area contributed by atoms with E-state index in [9.17, 15) is 9.59 Å². The Morgan fingerprint density at radius 2 is 1.69 bits per heavy atom. The van der Waals surface area contributed by atoms with Gasteiger partial charge in [0.05, 0.1) is 12.4 Å². The lowest BCUT2D eigenvalue weighted by Gasteiger charge is -2.31. The summed E-state index contributed by atoms with van der Waals surface area (Å²) in [4.78, 5) is 32.8. The van der Waals surface area contributed by atoms with Crippen LogP contribution in [0.25, 0.3) is 0 Å². The molecule has 2 aromatic rings. The van der Waals surface area contributed by atoms with Crippen molar-refractivity contribution < 1.29 is 14.7 Å². The number of hydrogen-bond acceptors (Lipinski definition) is 4. The predicted octanol–water partition coefficient (Wildman–Crippen LogP) is 2.97. The Hall–Kier alpha value is -2.76. The molecule has 0 saturated carbocycles. The number of likely N-dealkylation sites (tertiary alicyclic amines) is 1. The summed E-state index contributed by atoms with van der Waals surface area (Å²) in [5, 5.41) is 8.84. The first-order valence-corrected chi connectivity index (χ1v) is 8.93. The van der Waals surface area contributed by atoms with E-state index in [1.165, 1.54) is 17.3 Å². The van der Waals surface area contributed by atoms with Gasteiger partial charge >= 0.3 is 5.97 Å². The summed E-state index contributed by atoms with van der Waals surface area (Å²) in [7, 11) is 0. The topological polar surface area (TPSA) is 83.4 Å². The fourth-order valence-corrected chi connectivity index (χ4v) is 3.26. The Morgan fingerprint density at radius 3 is 2.27 bits per heavy atom. The lowest BCUT2D eigenvalue weighted by molar-refractivity contribution is 0.0667. The summed E-state index contributed by atoms with van der Waals surface area (Å²) >= 11 is 0. The number of aryl methyl sites for hydroxylation is 2.